The van der Waals surface area contributed by atoms with E-state index in [0.29, 0.717) is 0 Å². The van der Waals surface area contributed by atoms with Crippen LogP contribution in [0.5, 0.6) is 11.5 Å². The molecule has 0 spiro atoms. The lowest BCUT2D eigenvalue weighted by Crippen LogP contribution is -2.09. The summed E-state index contributed by atoms with van der Waals surface area (Å²) in [6.45, 7) is 4.85. The van der Waals surface area contributed by atoms with E-state index in [0.717, 1.165) is 41.6 Å². The molecule has 0 aromatic heterocycles. The smallest absolute Gasteiger partial charge is 0.127 e. The SMILES string of the molecule is CCSCCCOc1cc(OC)ccc1C(C)N. The van der Waals surface area contributed by atoms with Crippen molar-refractivity contribution in [1.29, 1.82) is 0 Å². The minimum atomic E-state index is -0.0316. The Balaban J connectivity index is 2.60. The lowest BCUT2D eigenvalue weighted by Gasteiger charge is -2.15. The predicted molar refractivity (Wildman–Crippen MR) is 78.7 cm³/mol. The first-order valence-corrected chi connectivity index (χ1v) is 7.48. The third kappa shape index (κ3) is 4.78. The van der Waals surface area contributed by atoms with Gasteiger partial charge in [0.25, 0.3) is 0 Å². The Bertz CT molecular complexity index is 356. The molecule has 0 fully saturated rings. The highest BCUT2D eigenvalue weighted by Gasteiger charge is 2.09. The first-order valence-electron chi connectivity index (χ1n) is 6.33. The summed E-state index contributed by atoms with van der Waals surface area (Å²) >= 11 is 1.93. The first kappa shape index (κ1) is 15.2. The molecule has 102 valence electrons. The van der Waals surface area contributed by atoms with Crippen molar-refractivity contribution in [3.05, 3.63) is 23.8 Å². The molecule has 0 aliphatic heterocycles. The minimum absolute atomic E-state index is 0.0316. The van der Waals surface area contributed by atoms with Gasteiger partial charge < -0.3 is 15.2 Å². The Morgan fingerprint density at radius 1 is 1.39 bits per heavy atom. The highest BCUT2D eigenvalue weighted by molar-refractivity contribution is 7.99. The topological polar surface area (TPSA) is 44.5 Å². The fourth-order valence-corrected chi connectivity index (χ4v) is 2.24. The number of rotatable bonds is 8. The zero-order valence-corrected chi connectivity index (χ0v) is 12.3. The predicted octanol–water partition coefficient (Wildman–Crippen LogP) is 3.24. The van der Waals surface area contributed by atoms with Crippen molar-refractivity contribution < 1.29 is 9.47 Å². The Labute approximate surface area is 114 Å². The van der Waals surface area contributed by atoms with Crippen LogP contribution in [0.2, 0.25) is 0 Å². The maximum atomic E-state index is 5.93. The number of thioether (sulfide) groups is 1. The quantitative estimate of drug-likeness (QED) is 0.736. The number of methoxy groups -OCH3 is 1. The largest absolute Gasteiger partial charge is 0.497 e. The molecule has 1 unspecified atom stereocenters. The number of benzene rings is 1. The van der Waals surface area contributed by atoms with Crippen molar-refractivity contribution in [1.82, 2.24) is 0 Å². The maximum absolute atomic E-state index is 5.93. The molecular formula is C14H23NO2S. The van der Waals surface area contributed by atoms with Crippen LogP contribution in [0.3, 0.4) is 0 Å². The molecule has 0 bridgehead atoms. The fourth-order valence-electron chi connectivity index (χ4n) is 1.63. The van der Waals surface area contributed by atoms with Gasteiger partial charge in [-0.3, -0.25) is 0 Å². The van der Waals surface area contributed by atoms with Gasteiger partial charge in [0.15, 0.2) is 0 Å². The second kappa shape index (κ2) is 8.27. The Morgan fingerprint density at radius 3 is 2.78 bits per heavy atom. The van der Waals surface area contributed by atoms with Gasteiger partial charge in [0.1, 0.15) is 11.5 Å². The summed E-state index contributed by atoms with van der Waals surface area (Å²) in [5, 5.41) is 0. The zero-order valence-electron chi connectivity index (χ0n) is 11.4. The number of hydrogen-bond acceptors (Lipinski definition) is 4. The third-order valence-electron chi connectivity index (χ3n) is 2.61. The summed E-state index contributed by atoms with van der Waals surface area (Å²) < 4.78 is 11.0. The molecule has 0 aliphatic carbocycles. The number of hydrogen-bond donors (Lipinski definition) is 1. The van der Waals surface area contributed by atoms with Gasteiger partial charge in [0.2, 0.25) is 0 Å². The summed E-state index contributed by atoms with van der Waals surface area (Å²) in [4.78, 5) is 0. The number of nitrogens with two attached hydrogens (primary N) is 1. The molecule has 1 rings (SSSR count). The van der Waals surface area contributed by atoms with Crippen molar-refractivity contribution in [2.24, 2.45) is 5.73 Å². The second-order valence-corrected chi connectivity index (χ2v) is 5.49. The van der Waals surface area contributed by atoms with E-state index in [1.54, 1.807) is 7.11 Å². The summed E-state index contributed by atoms with van der Waals surface area (Å²) in [5.74, 6) is 3.93. The molecule has 0 aliphatic rings. The van der Waals surface area contributed by atoms with Crippen molar-refractivity contribution in [3.63, 3.8) is 0 Å². The Kier molecular flexibility index (Phi) is 6.98. The minimum Gasteiger partial charge on any atom is -0.497 e. The van der Waals surface area contributed by atoms with E-state index in [2.05, 4.69) is 6.92 Å². The van der Waals surface area contributed by atoms with E-state index in [1.807, 2.05) is 36.9 Å². The van der Waals surface area contributed by atoms with Gasteiger partial charge >= 0.3 is 0 Å². The van der Waals surface area contributed by atoms with Crippen LogP contribution in [0.4, 0.5) is 0 Å². The maximum Gasteiger partial charge on any atom is 0.127 e. The highest BCUT2D eigenvalue weighted by Crippen LogP contribution is 2.28. The van der Waals surface area contributed by atoms with Crippen molar-refractivity contribution in [3.8, 4) is 11.5 Å². The molecule has 0 amide bonds. The van der Waals surface area contributed by atoms with Gasteiger partial charge in [0, 0.05) is 17.7 Å². The lowest BCUT2D eigenvalue weighted by molar-refractivity contribution is 0.311. The highest BCUT2D eigenvalue weighted by atomic mass is 32.2. The van der Waals surface area contributed by atoms with Gasteiger partial charge in [-0.15, -0.1) is 0 Å². The standard InChI is InChI=1S/C14H23NO2S/c1-4-18-9-5-8-17-14-10-12(16-3)6-7-13(14)11(2)15/h6-7,10-11H,4-5,8-9,15H2,1-3H3. The van der Waals surface area contributed by atoms with E-state index >= 15 is 0 Å². The van der Waals surface area contributed by atoms with Gasteiger partial charge in [-0.25, -0.2) is 0 Å². The molecule has 4 heteroatoms. The molecule has 0 saturated carbocycles. The van der Waals surface area contributed by atoms with Gasteiger partial charge in [-0.1, -0.05) is 13.0 Å². The van der Waals surface area contributed by atoms with Crippen LogP contribution < -0.4 is 15.2 Å². The van der Waals surface area contributed by atoms with Crippen LogP contribution in [0.15, 0.2) is 18.2 Å². The molecule has 1 aromatic rings. The normalized spacial score (nSPS) is 12.2. The van der Waals surface area contributed by atoms with E-state index in [1.165, 1.54) is 0 Å². The second-order valence-electron chi connectivity index (χ2n) is 4.09. The van der Waals surface area contributed by atoms with Crippen LogP contribution in [-0.4, -0.2) is 25.2 Å². The van der Waals surface area contributed by atoms with E-state index in [9.17, 15) is 0 Å². The molecule has 2 N–H and O–H groups in total. The Morgan fingerprint density at radius 2 is 2.17 bits per heavy atom. The van der Waals surface area contributed by atoms with Crippen molar-refractivity contribution in [2.75, 3.05) is 25.2 Å². The monoisotopic (exact) mass is 269 g/mol. The van der Waals surface area contributed by atoms with E-state index in [-0.39, 0.29) is 6.04 Å². The molecule has 1 atom stereocenters. The summed E-state index contributed by atoms with van der Waals surface area (Å²) in [6, 6.07) is 5.76. The van der Waals surface area contributed by atoms with E-state index in [4.69, 9.17) is 15.2 Å². The third-order valence-corrected chi connectivity index (χ3v) is 3.59. The summed E-state index contributed by atoms with van der Waals surface area (Å²) in [7, 11) is 1.66. The average molecular weight is 269 g/mol. The van der Waals surface area contributed by atoms with Crippen LogP contribution in [-0.2, 0) is 0 Å². The van der Waals surface area contributed by atoms with Crippen molar-refractivity contribution >= 4 is 11.8 Å². The zero-order chi connectivity index (χ0) is 13.4. The van der Waals surface area contributed by atoms with Gasteiger partial charge in [-0.2, -0.15) is 11.8 Å². The molecule has 18 heavy (non-hydrogen) atoms. The van der Waals surface area contributed by atoms with E-state index < -0.39 is 0 Å². The molecule has 3 nitrogen and oxygen atoms in total. The van der Waals surface area contributed by atoms with Crippen LogP contribution in [0, 0.1) is 0 Å². The molecule has 1 aromatic carbocycles. The molecule has 0 radical (unpaired) electrons. The average Bonchev–Trinajstić information content (AvgIpc) is 2.38. The first-order chi connectivity index (χ1) is 8.69. The summed E-state index contributed by atoms with van der Waals surface area (Å²) in [5.41, 5.74) is 6.96. The van der Waals surface area contributed by atoms with Crippen LogP contribution in [0.25, 0.3) is 0 Å². The fraction of sp³-hybridized carbons (Fsp3) is 0.571. The van der Waals surface area contributed by atoms with Gasteiger partial charge in [-0.05, 0) is 30.9 Å². The molecular weight excluding hydrogens is 246 g/mol. The van der Waals surface area contributed by atoms with Gasteiger partial charge in [0.05, 0.1) is 13.7 Å². The Hall–Kier alpha value is -0.870. The van der Waals surface area contributed by atoms with Crippen LogP contribution >= 0.6 is 11.8 Å². The lowest BCUT2D eigenvalue weighted by atomic mass is 10.1. The summed E-state index contributed by atoms with van der Waals surface area (Å²) in [6.07, 6.45) is 1.05. The number of ether oxygens (including phenoxy) is 2. The molecule has 0 heterocycles. The van der Waals surface area contributed by atoms with Crippen molar-refractivity contribution in [2.45, 2.75) is 26.3 Å². The molecule has 0 saturated heterocycles. The van der Waals surface area contributed by atoms with Crippen LogP contribution in [0.1, 0.15) is 31.9 Å².